The van der Waals surface area contributed by atoms with Crippen molar-refractivity contribution in [2.45, 2.75) is 109 Å². The Morgan fingerprint density at radius 1 is 0.565 bits per heavy atom. The second-order valence-electron chi connectivity index (χ2n) is 25.4. The van der Waals surface area contributed by atoms with Crippen LogP contribution in [0.5, 0.6) is 11.5 Å². The van der Waals surface area contributed by atoms with Gasteiger partial charge in [-0.1, -0.05) is 13.8 Å². The summed E-state index contributed by atoms with van der Waals surface area (Å²) in [6.07, 6.45) is 1.99. The quantitative estimate of drug-likeness (QED) is 0.0150. The van der Waals surface area contributed by atoms with E-state index in [1.165, 1.54) is 10.6 Å². The summed E-state index contributed by atoms with van der Waals surface area (Å²) in [5, 5.41) is 27.7. The van der Waals surface area contributed by atoms with Gasteiger partial charge in [-0.15, -0.1) is 0 Å². The van der Waals surface area contributed by atoms with Crippen LogP contribution < -0.4 is 52.7 Å². The maximum Gasteiger partial charge on any atom is 0.340 e. The Kier molecular flexibility index (Phi) is 39.5. The van der Waals surface area contributed by atoms with Crippen LogP contribution in [0.4, 0.5) is 0 Å². The number of nitrogens with one attached hydrogen (secondary N) is 6. The average molecular weight is 1530 g/mol. The Morgan fingerprint density at radius 3 is 1.62 bits per heavy atom. The van der Waals surface area contributed by atoms with E-state index in [0.29, 0.717) is 209 Å². The van der Waals surface area contributed by atoms with E-state index in [-0.39, 0.29) is 102 Å². The van der Waals surface area contributed by atoms with Crippen LogP contribution in [0.2, 0.25) is 0 Å². The van der Waals surface area contributed by atoms with E-state index in [2.05, 4.69) is 31.9 Å². The van der Waals surface area contributed by atoms with Gasteiger partial charge in [0.1, 0.15) is 24.7 Å². The van der Waals surface area contributed by atoms with Gasteiger partial charge >= 0.3 is 5.97 Å². The number of unbranched alkanes of at least 4 members (excludes halogenated alkanes) is 2. The number of esters is 1. The molecular formula is C72H106N10O26. The molecule has 4 atom stereocenters. The van der Waals surface area contributed by atoms with Crippen molar-refractivity contribution in [2.75, 3.05) is 192 Å². The highest BCUT2D eigenvalue weighted by Crippen LogP contribution is 2.42. The van der Waals surface area contributed by atoms with Crippen molar-refractivity contribution < 1.29 is 119 Å². The fourth-order valence-electron chi connectivity index (χ4n) is 11.5. The second-order valence-corrected chi connectivity index (χ2v) is 25.4. The molecule has 0 saturated carbocycles. The van der Waals surface area contributed by atoms with Crippen LogP contribution in [-0.2, 0) is 124 Å². The maximum absolute atomic E-state index is 14.2. The standard InChI is InChI=1S/C72H106N10O26/c1-48(2)65(70(91)79-54(8-4-6-14-73)68(89)76-44-62(85)75-43-51-49-41-58-59(108-47-107-58)42-56(49)78-66-52(51)45-82-57(66)40-50-53(71(82)92)46-106-72(93)67(50)88)80-69(90)55(77-61(84)12-16-81-63(86)10-11-64(81)87)9-5-7-15-74-60(83)13-17-95-20-21-97-24-25-99-28-29-101-32-33-103-36-37-105-39-38-104-35-34-102-31-30-100-27-26-98-23-22-96-19-18-94-3/h10-11,40-42,48,54-55,65,67,88H,4-9,12-39,43-47,73H2,1-3H3,(H,74,83)(H,75,85)(H,76,89)(H,77,84)(H,79,91)(H,80,90)/t54-,55-,65-,67-/m0/s1. The normalized spacial score (nSPS) is 14.9. The number of amides is 8. The van der Waals surface area contributed by atoms with Crippen molar-refractivity contribution >= 4 is 64.1 Å². The van der Waals surface area contributed by atoms with Gasteiger partial charge in [0, 0.05) is 74.3 Å². The Hall–Kier alpha value is -8.21. The molecule has 600 valence electrons. The Bertz CT molecular complexity index is 3470. The summed E-state index contributed by atoms with van der Waals surface area (Å²) in [4.78, 5) is 139. The predicted octanol–water partition coefficient (Wildman–Crippen LogP) is -0.963. The third kappa shape index (κ3) is 29.3. The molecule has 0 radical (unpaired) electrons. The van der Waals surface area contributed by atoms with E-state index in [9.17, 15) is 53.1 Å². The monoisotopic (exact) mass is 1530 g/mol. The summed E-state index contributed by atoms with van der Waals surface area (Å²) in [6.45, 7) is 12.4. The highest BCUT2D eigenvalue weighted by Gasteiger charge is 2.37. The highest BCUT2D eigenvalue weighted by molar-refractivity contribution is 6.13. The lowest BCUT2D eigenvalue weighted by Crippen LogP contribution is -2.58. The number of pyridine rings is 2. The summed E-state index contributed by atoms with van der Waals surface area (Å²) in [5.74, 6) is -5.51. The molecule has 8 amide bonds. The van der Waals surface area contributed by atoms with Gasteiger partial charge in [0.2, 0.25) is 42.2 Å². The van der Waals surface area contributed by atoms with Crippen molar-refractivity contribution in [3.63, 3.8) is 0 Å². The number of carbonyl (C=O) groups excluding carboxylic acids is 9. The van der Waals surface area contributed by atoms with Crippen molar-refractivity contribution in [3.8, 4) is 22.9 Å². The number of carbonyl (C=O) groups is 9. The van der Waals surface area contributed by atoms with Gasteiger partial charge in [-0.25, -0.2) is 9.78 Å². The number of imide groups is 1. The number of ether oxygens (including phenoxy) is 15. The number of methoxy groups -OCH3 is 1. The van der Waals surface area contributed by atoms with Gasteiger partial charge in [0.05, 0.1) is 188 Å². The maximum atomic E-state index is 14.2. The summed E-state index contributed by atoms with van der Waals surface area (Å²) >= 11 is 0. The lowest BCUT2D eigenvalue weighted by atomic mass is 9.98. The fourth-order valence-corrected chi connectivity index (χ4v) is 11.5. The minimum Gasteiger partial charge on any atom is -0.458 e. The third-order valence-electron chi connectivity index (χ3n) is 17.3. The van der Waals surface area contributed by atoms with Crippen molar-refractivity contribution in [1.29, 1.82) is 0 Å². The molecule has 6 heterocycles. The first-order valence-electron chi connectivity index (χ1n) is 36.6. The zero-order chi connectivity index (χ0) is 77.3. The molecule has 108 heavy (non-hydrogen) atoms. The first kappa shape index (κ1) is 87.0. The third-order valence-corrected chi connectivity index (χ3v) is 17.3. The summed E-state index contributed by atoms with van der Waals surface area (Å²) in [7, 11) is 1.63. The van der Waals surface area contributed by atoms with Crippen LogP contribution in [0.3, 0.4) is 0 Å². The van der Waals surface area contributed by atoms with Crippen molar-refractivity contribution in [1.82, 2.24) is 46.4 Å². The number of nitrogens with zero attached hydrogens (tertiary/aromatic N) is 3. The van der Waals surface area contributed by atoms with Gasteiger partial charge in [-0.05, 0) is 68.7 Å². The summed E-state index contributed by atoms with van der Waals surface area (Å²) < 4.78 is 83.1. The Labute approximate surface area is 626 Å². The lowest BCUT2D eigenvalue weighted by molar-refractivity contribution is -0.157. The number of fused-ring (bicyclic) bond motifs is 6. The van der Waals surface area contributed by atoms with Crippen molar-refractivity contribution in [3.05, 3.63) is 63.0 Å². The van der Waals surface area contributed by atoms with Crippen LogP contribution in [0.25, 0.3) is 22.3 Å². The van der Waals surface area contributed by atoms with E-state index in [4.69, 9.17) is 81.8 Å². The number of hydrogen-bond acceptors (Lipinski definition) is 28. The molecule has 2 aromatic heterocycles. The second kappa shape index (κ2) is 49.0. The molecule has 4 aliphatic rings. The first-order valence-corrected chi connectivity index (χ1v) is 36.6. The summed E-state index contributed by atoms with van der Waals surface area (Å²) in [5.41, 5.74) is 7.85. The van der Waals surface area contributed by atoms with E-state index in [1.54, 1.807) is 33.1 Å². The van der Waals surface area contributed by atoms with E-state index in [0.717, 1.165) is 17.1 Å². The molecule has 36 nitrogen and oxygen atoms in total. The molecule has 1 aromatic carbocycles. The van der Waals surface area contributed by atoms with E-state index >= 15 is 0 Å². The molecule has 0 spiro atoms. The molecular weight excluding hydrogens is 1420 g/mol. The molecule has 4 aliphatic heterocycles. The van der Waals surface area contributed by atoms with Crippen molar-refractivity contribution in [2.24, 2.45) is 11.7 Å². The molecule has 0 fully saturated rings. The van der Waals surface area contributed by atoms with Gasteiger partial charge < -0.3 is 118 Å². The van der Waals surface area contributed by atoms with Gasteiger partial charge in [0.15, 0.2) is 17.6 Å². The average Bonchev–Trinajstić information content (AvgIpc) is 1.56. The first-order chi connectivity index (χ1) is 52.5. The minimum atomic E-state index is -1.68. The van der Waals surface area contributed by atoms with E-state index < -0.39 is 89.6 Å². The van der Waals surface area contributed by atoms with Gasteiger partial charge in [-0.2, -0.15) is 0 Å². The predicted molar refractivity (Wildman–Crippen MR) is 383 cm³/mol. The zero-order valence-electron chi connectivity index (χ0n) is 61.9. The molecule has 9 N–H and O–H groups in total. The molecule has 0 aliphatic carbocycles. The van der Waals surface area contributed by atoms with Crippen LogP contribution in [-0.4, -0.2) is 283 Å². The number of aliphatic hydroxyl groups excluding tert-OH is 1. The largest absolute Gasteiger partial charge is 0.458 e. The number of aliphatic hydroxyl groups is 1. The minimum absolute atomic E-state index is 0.0260. The van der Waals surface area contributed by atoms with Crippen LogP contribution in [0.15, 0.2) is 35.1 Å². The molecule has 7 rings (SSSR count). The van der Waals surface area contributed by atoms with E-state index in [1.807, 2.05) is 0 Å². The molecule has 3 aromatic rings. The number of nitrogens with two attached hydrogens (primary N) is 1. The zero-order valence-corrected chi connectivity index (χ0v) is 61.9. The molecule has 36 heteroatoms. The Balaban J connectivity index is 0.755. The molecule has 0 unspecified atom stereocenters. The van der Waals surface area contributed by atoms with Crippen LogP contribution >= 0.6 is 0 Å². The van der Waals surface area contributed by atoms with Gasteiger partial charge in [0.25, 0.3) is 17.4 Å². The van der Waals surface area contributed by atoms with Crippen LogP contribution in [0.1, 0.15) is 93.6 Å². The van der Waals surface area contributed by atoms with Gasteiger partial charge in [-0.3, -0.25) is 48.1 Å². The lowest BCUT2D eigenvalue weighted by Gasteiger charge is -2.27. The number of rotatable bonds is 59. The topological polar surface area (TPSA) is 449 Å². The number of aromatic nitrogens is 2. The number of benzene rings is 1. The van der Waals surface area contributed by atoms with Crippen LogP contribution in [0, 0.1) is 5.92 Å². The highest BCUT2D eigenvalue weighted by atomic mass is 16.7. The molecule has 0 saturated heterocycles. The molecule has 0 bridgehead atoms. The number of hydrogen-bond donors (Lipinski definition) is 8. The SMILES string of the molecule is COCCOCCOCCOCCOCCOCCOCCOCCOCCOCCOCCOCCC(=O)NCCCC[C@H](NC(=O)CCN1C(=O)C=CC1=O)C(=O)N[C@H](C(=O)N[C@@H](CCCCN)C(=O)NCC(=O)NCc1c2c(nc3cc4c(cc13)OCO4)-c1cc3c(c(=O)n1C2)COC(=O)[C@H]3O)C(C)C. The Morgan fingerprint density at radius 2 is 1.08 bits per heavy atom. The number of cyclic esters (lactones) is 1. The smallest absolute Gasteiger partial charge is 0.340 e. The summed E-state index contributed by atoms with van der Waals surface area (Å²) in [6, 6.07) is 1.25. The fraction of sp³-hybridized carbons (Fsp3) is 0.653.